The van der Waals surface area contributed by atoms with Gasteiger partial charge in [-0.15, -0.1) is 11.3 Å². The van der Waals surface area contributed by atoms with E-state index < -0.39 is 0 Å². The summed E-state index contributed by atoms with van der Waals surface area (Å²) in [6.07, 6.45) is 0.824. The predicted octanol–water partition coefficient (Wildman–Crippen LogP) is 3.24. The maximum Gasteiger partial charge on any atom is 0.315 e. The average molecular weight is 292 g/mol. The first kappa shape index (κ1) is 14.5. The first-order valence-corrected chi connectivity index (χ1v) is 7.32. The van der Waals surface area contributed by atoms with Gasteiger partial charge in [-0.3, -0.25) is 0 Å². The quantitative estimate of drug-likeness (QED) is 0.872. The Morgan fingerprint density at radius 2 is 2.15 bits per heavy atom. The maximum absolute atomic E-state index is 13.3. The van der Waals surface area contributed by atoms with Gasteiger partial charge in [-0.05, 0) is 42.0 Å². The van der Waals surface area contributed by atoms with Crippen LogP contribution in [0.2, 0.25) is 0 Å². The topological polar surface area (TPSA) is 41.1 Å². The lowest BCUT2D eigenvalue weighted by atomic mass is 10.1. The van der Waals surface area contributed by atoms with Crippen molar-refractivity contribution in [1.82, 2.24) is 10.6 Å². The predicted molar refractivity (Wildman–Crippen MR) is 79.4 cm³/mol. The van der Waals surface area contributed by atoms with Gasteiger partial charge in [-0.1, -0.05) is 18.2 Å². The normalized spacial score (nSPS) is 10.3. The lowest BCUT2D eigenvalue weighted by Gasteiger charge is -2.08. The summed E-state index contributed by atoms with van der Waals surface area (Å²) in [5.41, 5.74) is 1.36. The number of carbonyl (C=O) groups is 1. The van der Waals surface area contributed by atoms with E-state index in [1.54, 1.807) is 24.3 Å². The Morgan fingerprint density at radius 3 is 2.85 bits per heavy atom. The number of urea groups is 1. The number of thiophene rings is 1. The molecule has 2 aromatic rings. The number of nitrogens with one attached hydrogen (secondary N) is 2. The van der Waals surface area contributed by atoms with Gasteiger partial charge in [0.15, 0.2) is 0 Å². The molecule has 1 aromatic heterocycles. The van der Waals surface area contributed by atoms with E-state index in [1.165, 1.54) is 10.9 Å². The molecule has 2 N–H and O–H groups in total. The minimum absolute atomic E-state index is 0.234. The van der Waals surface area contributed by atoms with E-state index in [2.05, 4.69) is 10.6 Å². The Hall–Kier alpha value is -1.88. The summed E-state index contributed by atoms with van der Waals surface area (Å²) in [6, 6.07) is 8.76. The van der Waals surface area contributed by atoms with Crippen molar-refractivity contribution in [3.05, 3.63) is 57.5 Å². The average Bonchev–Trinajstić information content (AvgIpc) is 2.93. The van der Waals surface area contributed by atoms with Crippen molar-refractivity contribution in [3.8, 4) is 0 Å². The molecule has 0 spiro atoms. The molecule has 2 rings (SSSR count). The standard InChI is InChI=1S/C15H17FN2OS/c1-11-4-5-12(9-14(11)16)10-18-15(19)17-7-6-13-3-2-8-20-13/h2-5,8-9H,6-7,10H2,1H3,(H2,17,18,19). The number of benzene rings is 1. The van der Waals surface area contributed by atoms with Gasteiger partial charge in [-0.25, -0.2) is 9.18 Å². The lowest BCUT2D eigenvalue weighted by Crippen LogP contribution is -2.36. The second-order valence-corrected chi connectivity index (χ2v) is 5.55. The molecular weight excluding hydrogens is 275 g/mol. The third-order valence-corrected chi connectivity index (χ3v) is 3.86. The zero-order valence-electron chi connectivity index (χ0n) is 11.3. The third kappa shape index (κ3) is 4.35. The molecule has 5 heteroatoms. The first-order chi connectivity index (χ1) is 9.65. The fourth-order valence-electron chi connectivity index (χ4n) is 1.75. The second kappa shape index (κ2) is 7.05. The van der Waals surface area contributed by atoms with Crippen molar-refractivity contribution in [3.63, 3.8) is 0 Å². The van der Waals surface area contributed by atoms with Gasteiger partial charge in [0.2, 0.25) is 0 Å². The van der Waals surface area contributed by atoms with Gasteiger partial charge in [-0.2, -0.15) is 0 Å². The van der Waals surface area contributed by atoms with E-state index in [1.807, 2.05) is 23.6 Å². The van der Waals surface area contributed by atoms with Crippen molar-refractivity contribution in [2.75, 3.05) is 6.54 Å². The Balaban J connectivity index is 1.70. The van der Waals surface area contributed by atoms with Crippen LogP contribution in [0.3, 0.4) is 0 Å². The molecule has 0 bridgehead atoms. The number of amides is 2. The number of rotatable bonds is 5. The van der Waals surface area contributed by atoms with Crippen molar-refractivity contribution in [2.24, 2.45) is 0 Å². The van der Waals surface area contributed by atoms with Crippen LogP contribution >= 0.6 is 11.3 Å². The fourth-order valence-corrected chi connectivity index (χ4v) is 2.45. The van der Waals surface area contributed by atoms with Crippen LogP contribution in [-0.4, -0.2) is 12.6 Å². The van der Waals surface area contributed by atoms with Crippen molar-refractivity contribution in [2.45, 2.75) is 19.9 Å². The van der Waals surface area contributed by atoms with Crippen LogP contribution in [0.25, 0.3) is 0 Å². The molecule has 0 radical (unpaired) electrons. The molecule has 0 aliphatic rings. The highest BCUT2D eigenvalue weighted by atomic mass is 32.1. The van der Waals surface area contributed by atoms with E-state index in [0.29, 0.717) is 18.7 Å². The number of hydrogen-bond acceptors (Lipinski definition) is 2. The summed E-state index contributed by atoms with van der Waals surface area (Å²) in [5, 5.41) is 7.51. The second-order valence-electron chi connectivity index (χ2n) is 4.52. The van der Waals surface area contributed by atoms with E-state index in [0.717, 1.165) is 12.0 Å². The molecular formula is C15H17FN2OS. The molecule has 0 saturated heterocycles. The van der Waals surface area contributed by atoms with Gasteiger partial charge in [0.1, 0.15) is 5.82 Å². The van der Waals surface area contributed by atoms with Crippen LogP contribution in [0.5, 0.6) is 0 Å². The summed E-state index contributed by atoms with van der Waals surface area (Å²) >= 11 is 1.67. The molecule has 0 atom stereocenters. The zero-order valence-corrected chi connectivity index (χ0v) is 12.1. The van der Waals surface area contributed by atoms with Crippen molar-refractivity contribution >= 4 is 17.4 Å². The highest BCUT2D eigenvalue weighted by Gasteiger charge is 2.03. The molecule has 0 fully saturated rings. The largest absolute Gasteiger partial charge is 0.338 e. The summed E-state index contributed by atoms with van der Waals surface area (Å²) in [5.74, 6) is -0.248. The molecule has 20 heavy (non-hydrogen) atoms. The Labute approximate surface area is 121 Å². The molecule has 1 aromatic carbocycles. The van der Waals surface area contributed by atoms with E-state index in [4.69, 9.17) is 0 Å². The Kier molecular flexibility index (Phi) is 5.12. The highest BCUT2D eigenvalue weighted by Crippen LogP contribution is 2.09. The van der Waals surface area contributed by atoms with E-state index in [-0.39, 0.29) is 11.8 Å². The Bertz CT molecular complexity index is 569. The molecule has 106 valence electrons. The van der Waals surface area contributed by atoms with E-state index >= 15 is 0 Å². The van der Waals surface area contributed by atoms with E-state index in [9.17, 15) is 9.18 Å². The van der Waals surface area contributed by atoms with Crippen LogP contribution in [0, 0.1) is 12.7 Å². The molecule has 3 nitrogen and oxygen atoms in total. The summed E-state index contributed by atoms with van der Waals surface area (Å²) in [7, 11) is 0. The zero-order chi connectivity index (χ0) is 14.4. The number of carbonyl (C=O) groups excluding carboxylic acids is 1. The third-order valence-electron chi connectivity index (χ3n) is 2.93. The first-order valence-electron chi connectivity index (χ1n) is 6.44. The smallest absolute Gasteiger partial charge is 0.315 e. The monoisotopic (exact) mass is 292 g/mol. The summed E-state index contributed by atoms with van der Waals surface area (Å²) in [6.45, 7) is 2.63. The molecule has 0 unspecified atom stereocenters. The van der Waals surface area contributed by atoms with Gasteiger partial charge in [0.05, 0.1) is 0 Å². The molecule has 0 aliphatic heterocycles. The van der Waals surface area contributed by atoms with Crippen LogP contribution in [0.1, 0.15) is 16.0 Å². The molecule has 2 amide bonds. The maximum atomic E-state index is 13.3. The van der Waals surface area contributed by atoms with Gasteiger partial charge >= 0.3 is 6.03 Å². The number of halogens is 1. The molecule has 1 heterocycles. The van der Waals surface area contributed by atoms with Crippen LogP contribution in [0.4, 0.5) is 9.18 Å². The lowest BCUT2D eigenvalue weighted by molar-refractivity contribution is 0.240. The summed E-state index contributed by atoms with van der Waals surface area (Å²) in [4.78, 5) is 12.8. The number of aryl methyl sites for hydroxylation is 1. The van der Waals surface area contributed by atoms with Crippen LogP contribution in [-0.2, 0) is 13.0 Å². The highest BCUT2D eigenvalue weighted by molar-refractivity contribution is 7.09. The number of hydrogen-bond donors (Lipinski definition) is 2. The van der Waals surface area contributed by atoms with Gasteiger partial charge in [0, 0.05) is 18.0 Å². The van der Waals surface area contributed by atoms with Crippen LogP contribution < -0.4 is 10.6 Å². The molecule has 0 saturated carbocycles. The summed E-state index contributed by atoms with van der Waals surface area (Å²) < 4.78 is 13.3. The van der Waals surface area contributed by atoms with Crippen molar-refractivity contribution in [1.29, 1.82) is 0 Å². The fraction of sp³-hybridized carbons (Fsp3) is 0.267. The van der Waals surface area contributed by atoms with Crippen LogP contribution in [0.15, 0.2) is 35.7 Å². The van der Waals surface area contributed by atoms with Gasteiger partial charge in [0.25, 0.3) is 0 Å². The minimum atomic E-state index is -0.248. The SMILES string of the molecule is Cc1ccc(CNC(=O)NCCc2cccs2)cc1F. The molecule has 0 aliphatic carbocycles. The van der Waals surface area contributed by atoms with Gasteiger partial charge < -0.3 is 10.6 Å². The van der Waals surface area contributed by atoms with Crippen molar-refractivity contribution < 1.29 is 9.18 Å². The minimum Gasteiger partial charge on any atom is -0.338 e. The Morgan fingerprint density at radius 1 is 1.30 bits per heavy atom.